The zero-order chi connectivity index (χ0) is 14.5. The van der Waals surface area contributed by atoms with E-state index in [2.05, 4.69) is 0 Å². The summed E-state index contributed by atoms with van der Waals surface area (Å²) in [5.41, 5.74) is 12.4. The number of hydrogen-bond donors (Lipinski definition) is 2. The van der Waals surface area contributed by atoms with Crippen molar-refractivity contribution in [2.45, 2.75) is 12.8 Å². The molecule has 0 saturated carbocycles. The van der Waals surface area contributed by atoms with Crippen molar-refractivity contribution in [1.29, 1.82) is 0 Å². The molecule has 102 valence electrons. The number of hydrogen-bond acceptors (Lipinski definition) is 2. The van der Waals surface area contributed by atoms with Gasteiger partial charge in [0.1, 0.15) is 12.4 Å². The lowest BCUT2D eigenvalue weighted by atomic mass is 10.1. The standard InChI is InChI=1S/C14H14N4O2/c15-13(19)17-7-1-3-11(9-17)5-6-12-4-2-8-18(10-12)14(16)20/h1-4,7-10H,5-6H2,(H2-2,15,16,19,20)/p+2. The van der Waals surface area contributed by atoms with Gasteiger partial charge in [-0.15, -0.1) is 0 Å². The summed E-state index contributed by atoms with van der Waals surface area (Å²) in [5.74, 6) is 0. The summed E-state index contributed by atoms with van der Waals surface area (Å²) in [4.78, 5) is 22.2. The maximum atomic E-state index is 11.1. The summed E-state index contributed by atoms with van der Waals surface area (Å²) in [5, 5.41) is 0. The molecule has 0 bridgehead atoms. The Kier molecular flexibility index (Phi) is 4.05. The molecule has 0 saturated heterocycles. The maximum Gasteiger partial charge on any atom is 0.493 e. The highest BCUT2D eigenvalue weighted by molar-refractivity contribution is 5.61. The number of carbonyl (C=O) groups is 2. The van der Waals surface area contributed by atoms with Crippen molar-refractivity contribution >= 4 is 12.1 Å². The van der Waals surface area contributed by atoms with Crippen LogP contribution in [0.15, 0.2) is 49.1 Å². The van der Waals surface area contributed by atoms with E-state index >= 15 is 0 Å². The zero-order valence-electron chi connectivity index (χ0n) is 10.9. The minimum absolute atomic E-state index is 0.516. The first-order valence-corrected chi connectivity index (χ1v) is 6.16. The van der Waals surface area contributed by atoms with Gasteiger partial charge in [-0.05, 0) is 36.1 Å². The zero-order valence-corrected chi connectivity index (χ0v) is 10.9. The number of primary amides is 2. The molecule has 0 spiro atoms. The van der Waals surface area contributed by atoms with Crippen LogP contribution >= 0.6 is 0 Å². The molecule has 2 heterocycles. The Hall–Kier alpha value is -2.76. The molecular weight excluding hydrogens is 256 g/mol. The van der Waals surface area contributed by atoms with E-state index in [1.807, 2.05) is 12.1 Å². The van der Waals surface area contributed by atoms with Crippen molar-refractivity contribution in [3.8, 4) is 0 Å². The van der Waals surface area contributed by atoms with Gasteiger partial charge in [0.15, 0.2) is 0 Å². The number of aromatic nitrogens is 2. The van der Waals surface area contributed by atoms with Gasteiger partial charge >= 0.3 is 12.1 Å². The molecule has 0 aliphatic heterocycles. The Balaban J connectivity index is 2.08. The van der Waals surface area contributed by atoms with E-state index in [0.717, 1.165) is 24.0 Å². The van der Waals surface area contributed by atoms with E-state index in [-0.39, 0.29) is 0 Å². The molecule has 2 aromatic heterocycles. The minimum Gasteiger partial charge on any atom is -0.250 e. The number of amides is 2. The van der Waals surface area contributed by atoms with Crippen LogP contribution < -0.4 is 20.6 Å². The minimum atomic E-state index is -0.516. The number of rotatable bonds is 3. The first-order valence-electron chi connectivity index (χ1n) is 6.16. The van der Waals surface area contributed by atoms with Gasteiger partial charge in [-0.1, -0.05) is 12.1 Å². The molecule has 0 unspecified atom stereocenters. The molecule has 2 rings (SSSR count). The summed E-state index contributed by atoms with van der Waals surface area (Å²) in [6.45, 7) is 0. The van der Waals surface area contributed by atoms with Crippen LogP contribution in [0.2, 0.25) is 0 Å². The largest absolute Gasteiger partial charge is 0.493 e. The van der Waals surface area contributed by atoms with Gasteiger partial charge in [0.2, 0.25) is 0 Å². The van der Waals surface area contributed by atoms with E-state index in [9.17, 15) is 9.59 Å². The van der Waals surface area contributed by atoms with Crippen LogP contribution in [0.1, 0.15) is 11.1 Å². The molecule has 0 aromatic carbocycles. The van der Waals surface area contributed by atoms with Crippen molar-refractivity contribution < 1.29 is 18.7 Å². The van der Waals surface area contributed by atoms with Crippen LogP contribution in [0.4, 0.5) is 9.59 Å². The summed E-state index contributed by atoms with van der Waals surface area (Å²) >= 11 is 0. The second-order valence-corrected chi connectivity index (χ2v) is 4.42. The third kappa shape index (κ3) is 3.38. The Bertz CT molecular complexity index is 598. The highest BCUT2D eigenvalue weighted by Crippen LogP contribution is 2.03. The smallest absolute Gasteiger partial charge is 0.250 e. The monoisotopic (exact) mass is 272 g/mol. The van der Waals surface area contributed by atoms with Crippen molar-refractivity contribution in [3.05, 3.63) is 60.2 Å². The molecule has 6 nitrogen and oxygen atoms in total. The van der Waals surface area contributed by atoms with Crippen molar-refractivity contribution in [3.63, 3.8) is 0 Å². The number of carbonyl (C=O) groups excluding carboxylic acids is 2. The summed E-state index contributed by atoms with van der Waals surface area (Å²) in [6.07, 6.45) is 8.08. The number of aryl methyl sites for hydroxylation is 2. The predicted molar refractivity (Wildman–Crippen MR) is 70.6 cm³/mol. The van der Waals surface area contributed by atoms with Gasteiger partial charge in [-0.25, -0.2) is 0 Å². The van der Waals surface area contributed by atoms with Gasteiger partial charge in [-0.2, -0.15) is 18.7 Å². The summed E-state index contributed by atoms with van der Waals surface area (Å²) < 4.78 is 2.67. The van der Waals surface area contributed by atoms with Gasteiger partial charge in [-0.3, -0.25) is 11.5 Å². The van der Waals surface area contributed by atoms with Crippen LogP contribution in [-0.2, 0) is 12.8 Å². The third-order valence-electron chi connectivity index (χ3n) is 2.94. The van der Waals surface area contributed by atoms with E-state index in [1.54, 1.807) is 36.9 Å². The molecular formula is C14H16N4O2+2. The highest BCUT2D eigenvalue weighted by Gasteiger charge is 2.08. The van der Waals surface area contributed by atoms with Crippen LogP contribution in [0.25, 0.3) is 0 Å². The van der Waals surface area contributed by atoms with Crippen LogP contribution in [0.3, 0.4) is 0 Å². The lowest BCUT2D eigenvalue weighted by molar-refractivity contribution is -0.570. The first-order chi connectivity index (χ1) is 9.56. The van der Waals surface area contributed by atoms with Crippen molar-refractivity contribution in [1.82, 2.24) is 0 Å². The van der Waals surface area contributed by atoms with Crippen LogP contribution in [0.5, 0.6) is 0 Å². The fourth-order valence-electron chi connectivity index (χ4n) is 1.91. The molecule has 2 amide bonds. The lowest BCUT2D eigenvalue weighted by Crippen LogP contribution is -2.47. The highest BCUT2D eigenvalue weighted by atomic mass is 16.2. The third-order valence-corrected chi connectivity index (χ3v) is 2.94. The molecule has 2 aromatic rings. The normalized spacial score (nSPS) is 10.2. The average molecular weight is 272 g/mol. The molecule has 0 radical (unpaired) electrons. The van der Waals surface area contributed by atoms with Gasteiger partial charge in [0, 0.05) is 0 Å². The molecule has 0 atom stereocenters. The Morgan fingerprint density at radius 2 is 1.25 bits per heavy atom. The quantitative estimate of drug-likeness (QED) is 0.763. The Morgan fingerprint density at radius 1 is 0.850 bits per heavy atom. The van der Waals surface area contributed by atoms with Crippen molar-refractivity contribution in [2.75, 3.05) is 0 Å². The van der Waals surface area contributed by atoms with E-state index in [1.165, 1.54) is 9.13 Å². The fourth-order valence-corrected chi connectivity index (χ4v) is 1.91. The predicted octanol–water partition coefficient (Wildman–Crippen LogP) is -0.0996. The first kappa shape index (κ1) is 13.7. The number of nitrogens with two attached hydrogens (primary N) is 2. The van der Waals surface area contributed by atoms with Crippen molar-refractivity contribution in [2.24, 2.45) is 11.5 Å². The topological polar surface area (TPSA) is 93.9 Å². The summed E-state index contributed by atoms with van der Waals surface area (Å²) in [6, 6.07) is 6.36. The Morgan fingerprint density at radius 3 is 1.60 bits per heavy atom. The van der Waals surface area contributed by atoms with Crippen LogP contribution in [0, 0.1) is 0 Å². The van der Waals surface area contributed by atoms with E-state index in [4.69, 9.17) is 11.5 Å². The molecule has 0 fully saturated rings. The lowest BCUT2D eigenvalue weighted by Gasteiger charge is -2.02. The molecule has 0 aliphatic carbocycles. The van der Waals surface area contributed by atoms with Gasteiger partial charge < -0.3 is 0 Å². The number of pyridine rings is 2. The second kappa shape index (κ2) is 5.92. The fraction of sp³-hybridized carbons (Fsp3) is 0.143. The molecule has 4 N–H and O–H groups in total. The van der Waals surface area contributed by atoms with Gasteiger partial charge in [0.25, 0.3) is 0 Å². The molecule has 0 aliphatic rings. The maximum absolute atomic E-state index is 11.1. The summed E-state index contributed by atoms with van der Waals surface area (Å²) in [7, 11) is 0. The van der Waals surface area contributed by atoms with E-state index in [0.29, 0.717) is 0 Å². The molecule has 6 heteroatoms. The average Bonchev–Trinajstić information content (AvgIpc) is 2.45. The van der Waals surface area contributed by atoms with Crippen LogP contribution in [-0.4, -0.2) is 12.1 Å². The van der Waals surface area contributed by atoms with E-state index < -0.39 is 12.1 Å². The SMILES string of the molecule is NC(=O)[n+]1cccc(CCc2ccc[n+](C(N)=O)c2)c1. The molecule has 20 heavy (non-hydrogen) atoms. The second-order valence-electron chi connectivity index (χ2n) is 4.42. The Labute approximate surface area is 116 Å². The van der Waals surface area contributed by atoms with Gasteiger partial charge in [0.05, 0.1) is 12.4 Å². The number of nitrogens with zero attached hydrogens (tertiary/aromatic N) is 2.